The molecule has 0 radical (unpaired) electrons. The third-order valence-corrected chi connectivity index (χ3v) is 4.66. The van der Waals surface area contributed by atoms with E-state index >= 15 is 0 Å². The SMILES string of the molecule is O=C(Cn1cnnn1)Nc1ccccc1-c1csc(-c2ccccc2F)n1. The Morgan fingerprint density at radius 3 is 2.67 bits per heavy atom. The second-order valence-electron chi connectivity index (χ2n) is 5.62. The number of carbonyl (C=O) groups is 1. The Kier molecular flexibility index (Phi) is 4.67. The number of hydrogen-bond acceptors (Lipinski definition) is 6. The maximum absolute atomic E-state index is 14.0. The van der Waals surface area contributed by atoms with E-state index in [1.54, 1.807) is 24.3 Å². The highest BCUT2D eigenvalue weighted by Gasteiger charge is 2.14. The lowest BCUT2D eigenvalue weighted by molar-refractivity contribution is -0.116. The molecule has 0 unspecified atom stereocenters. The number of carbonyl (C=O) groups excluding carboxylic acids is 1. The molecule has 2 aromatic carbocycles. The summed E-state index contributed by atoms with van der Waals surface area (Å²) in [5, 5.41) is 15.9. The van der Waals surface area contributed by atoms with Gasteiger partial charge in [0.25, 0.3) is 0 Å². The van der Waals surface area contributed by atoms with Crippen LogP contribution in [-0.2, 0) is 11.3 Å². The van der Waals surface area contributed by atoms with Crippen molar-refractivity contribution in [3.63, 3.8) is 0 Å². The number of nitrogens with one attached hydrogen (secondary N) is 1. The van der Waals surface area contributed by atoms with E-state index < -0.39 is 0 Å². The van der Waals surface area contributed by atoms with Crippen molar-refractivity contribution < 1.29 is 9.18 Å². The molecule has 0 atom stereocenters. The molecule has 7 nitrogen and oxygen atoms in total. The number of halogens is 1. The zero-order chi connectivity index (χ0) is 18.6. The van der Waals surface area contributed by atoms with Gasteiger partial charge in [-0.25, -0.2) is 14.1 Å². The fourth-order valence-electron chi connectivity index (χ4n) is 2.56. The first-order valence-electron chi connectivity index (χ1n) is 8.01. The first kappa shape index (κ1) is 17.0. The minimum Gasteiger partial charge on any atom is -0.324 e. The van der Waals surface area contributed by atoms with Gasteiger partial charge < -0.3 is 5.32 Å². The van der Waals surface area contributed by atoms with Gasteiger partial charge >= 0.3 is 0 Å². The lowest BCUT2D eigenvalue weighted by Crippen LogP contribution is -2.19. The molecular formula is C18H13FN6OS. The number of benzene rings is 2. The molecule has 1 amide bonds. The van der Waals surface area contributed by atoms with E-state index in [9.17, 15) is 9.18 Å². The Bertz CT molecular complexity index is 1080. The van der Waals surface area contributed by atoms with Gasteiger partial charge in [0.15, 0.2) is 0 Å². The van der Waals surface area contributed by atoms with Gasteiger partial charge in [-0.1, -0.05) is 30.3 Å². The summed E-state index contributed by atoms with van der Waals surface area (Å²) in [6.45, 7) is -0.00111. The van der Waals surface area contributed by atoms with Crippen molar-refractivity contribution in [2.45, 2.75) is 6.54 Å². The number of anilines is 1. The van der Waals surface area contributed by atoms with Crippen LogP contribution in [0, 0.1) is 5.82 Å². The van der Waals surface area contributed by atoms with E-state index in [4.69, 9.17) is 0 Å². The predicted molar refractivity (Wildman–Crippen MR) is 99.4 cm³/mol. The smallest absolute Gasteiger partial charge is 0.246 e. The van der Waals surface area contributed by atoms with Crippen LogP contribution in [0.15, 0.2) is 60.2 Å². The van der Waals surface area contributed by atoms with Crippen LogP contribution >= 0.6 is 11.3 Å². The number of para-hydroxylation sites is 1. The number of rotatable bonds is 5. The van der Waals surface area contributed by atoms with E-state index in [0.29, 0.717) is 22.0 Å². The summed E-state index contributed by atoms with van der Waals surface area (Å²) in [7, 11) is 0. The van der Waals surface area contributed by atoms with Crippen molar-refractivity contribution >= 4 is 22.9 Å². The van der Waals surface area contributed by atoms with Crippen molar-refractivity contribution in [1.29, 1.82) is 0 Å². The summed E-state index contributed by atoms with van der Waals surface area (Å²) in [5.74, 6) is -0.583. The van der Waals surface area contributed by atoms with E-state index in [0.717, 1.165) is 5.56 Å². The minimum absolute atomic E-state index is 0.00111. The third kappa shape index (κ3) is 3.72. The molecule has 2 heterocycles. The standard InChI is InChI=1S/C18H13FN6OS/c19-14-7-3-1-5-12(14)18-22-16(10-27-18)13-6-2-4-8-15(13)21-17(26)9-25-11-20-23-24-25/h1-8,10-11H,9H2,(H,21,26). The van der Waals surface area contributed by atoms with Gasteiger partial charge in [-0.3, -0.25) is 4.79 Å². The molecule has 134 valence electrons. The van der Waals surface area contributed by atoms with E-state index in [1.165, 1.54) is 28.4 Å². The molecule has 2 aromatic heterocycles. The summed E-state index contributed by atoms with van der Waals surface area (Å²) in [6, 6.07) is 13.8. The number of aromatic nitrogens is 5. The molecule has 0 bridgehead atoms. The zero-order valence-corrected chi connectivity index (χ0v) is 14.7. The molecule has 4 rings (SSSR count). The molecular weight excluding hydrogens is 367 g/mol. The second kappa shape index (κ2) is 7.42. The maximum atomic E-state index is 14.0. The number of tetrazole rings is 1. The predicted octanol–water partition coefficient (Wildman–Crippen LogP) is 3.24. The molecule has 0 spiro atoms. The molecule has 0 fully saturated rings. The fraction of sp³-hybridized carbons (Fsp3) is 0.0556. The Balaban J connectivity index is 1.60. The second-order valence-corrected chi connectivity index (χ2v) is 6.48. The topological polar surface area (TPSA) is 85.6 Å². The fourth-order valence-corrected chi connectivity index (χ4v) is 3.41. The Hall–Kier alpha value is -3.46. The Labute approximate surface area is 157 Å². The van der Waals surface area contributed by atoms with Crippen molar-refractivity contribution in [1.82, 2.24) is 25.2 Å². The summed E-state index contributed by atoms with van der Waals surface area (Å²) in [6.07, 6.45) is 1.37. The number of amides is 1. The van der Waals surface area contributed by atoms with Crippen LogP contribution < -0.4 is 5.32 Å². The Morgan fingerprint density at radius 2 is 1.89 bits per heavy atom. The highest BCUT2D eigenvalue weighted by Crippen LogP contribution is 2.33. The number of hydrogen-bond donors (Lipinski definition) is 1. The lowest BCUT2D eigenvalue weighted by Gasteiger charge is -2.09. The monoisotopic (exact) mass is 380 g/mol. The van der Waals surface area contributed by atoms with Crippen LogP contribution in [0.2, 0.25) is 0 Å². The van der Waals surface area contributed by atoms with E-state index in [-0.39, 0.29) is 18.3 Å². The summed E-state index contributed by atoms with van der Waals surface area (Å²) in [4.78, 5) is 16.8. The quantitative estimate of drug-likeness (QED) is 0.574. The van der Waals surface area contributed by atoms with Gasteiger partial charge in [-0.05, 0) is 28.6 Å². The molecule has 0 aliphatic carbocycles. The average molecular weight is 380 g/mol. The molecule has 4 aromatic rings. The van der Waals surface area contributed by atoms with Crippen molar-refractivity contribution in [3.05, 3.63) is 66.1 Å². The minimum atomic E-state index is -0.318. The zero-order valence-electron chi connectivity index (χ0n) is 13.9. The van der Waals surface area contributed by atoms with Gasteiger partial charge in [-0.15, -0.1) is 16.4 Å². The lowest BCUT2D eigenvalue weighted by atomic mass is 10.1. The first-order valence-corrected chi connectivity index (χ1v) is 8.89. The summed E-state index contributed by atoms with van der Waals surface area (Å²) >= 11 is 1.35. The van der Waals surface area contributed by atoms with Gasteiger partial charge in [0, 0.05) is 16.5 Å². The first-order chi connectivity index (χ1) is 13.2. The van der Waals surface area contributed by atoms with Crippen molar-refractivity contribution in [2.24, 2.45) is 0 Å². The third-order valence-electron chi connectivity index (χ3n) is 3.78. The van der Waals surface area contributed by atoms with Crippen LogP contribution in [-0.4, -0.2) is 31.1 Å². The summed E-state index contributed by atoms with van der Waals surface area (Å²) < 4.78 is 15.3. The van der Waals surface area contributed by atoms with Gasteiger partial charge in [0.1, 0.15) is 23.7 Å². The molecule has 9 heteroatoms. The molecule has 0 saturated heterocycles. The number of nitrogens with zero attached hydrogens (tertiary/aromatic N) is 5. The number of thiazole rings is 1. The van der Waals surface area contributed by atoms with E-state index in [2.05, 4.69) is 25.8 Å². The van der Waals surface area contributed by atoms with Gasteiger partial charge in [0.05, 0.1) is 11.4 Å². The largest absolute Gasteiger partial charge is 0.324 e. The highest BCUT2D eigenvalue weighted by atomic mass is 32.1. The molecule has 0 aliphatic rings. The van der Waals surface area contributed by atoms with Crippen LogP contribution in [0.3, 0.4) is 0 Å². The van der Waals surface area contributed by atoms with Gasteiger partial charge in [-0.2, -0.15) is 0 Å². The van der Waals surface area contributed by atoms with Crippen LogP contribution in [0.4, 0.5) is 10.1 Å². The molecule has 0 aliphatic heterocycles. The molecule has 27 heavy (non-hydrogen) atoms. The van der Waals surface area contributed by atoms with Crippen molar-refractivity contribution in [2.75, 3.05) is 5.32 Å². The van der Waals surface area contributed by atoms with Crippen LogP contribution in [0.25, 0.3) is 21.8 Å². The van der Waals surface area contributed by atoms with E-state index in [1.807, 2.05) is 23.6 Å². The van der Waals surface area contributed by atoms with Gasteiger partial charge in [0.2, 0.25) is 5.91 Å². The normalized spacial score (nSPS) is 10.7. The van der Waals surface area contributed by atoms with Crippen molar-refractivity contribution in [3.8, 4) is 21.8 Å². The summed E-state index contributed by atoms with van der Waals surface area (Å²) in [5.41, 5.74) is 2.48. The maximum Gasteiger partial charge on any atom is 0.246 e. The Morgan fingerprint density at radius 1 is 1.11 bits per heavy atom. The molecule has 1 N–H and O–H groups in total. The van der Waals surface area contributed by atoms with Crippen LogP contribution in [0.5, 0.6) is 0 Å². The highest BCUT2D eigenvalue weighted by molar-refractivity contribution is 7.13. The molecule has 0 saturated carbocycles. The average Bonchev–Trinajstić information content (AvgIpc) is 3.34. The van der Waals surface area contributed by atoms with Crippen LogP contribution in [0.1, 0.15) is 0 Å².